The molecule has 1 aromatic carbocycles. The molecule has 0 saturated carbocycles. The average molecular weight is 236 g/mol. The minimum absolute atomic E-state index is 0.178. The van der Waals surface area contributed by atoms with Crippen LogP contribution in [-0.2, 0) is 0 Å². The largest absolute Gasteiger partial charge is 0.623 e. The van der Waals surface area contributed by atoms with E-state index in [4.69, 9.17) is 5.11 Å². The number of rotatable bonds is 4. The Balaban J connectivity index is 2.92. The summed E-state index contributed by atoms with van der Waals surface area (Å²) >= 11 is 0. The SMILES string of the molecule is CN(C)c1ccc(/C=[N+](\[O-])C(C)(C)CO)cc1. The van der Waals surface area contributed by atoms with Gasteiger partial charge in [-0.15, -0.1) is 0 Å². The summed E-state index contributed by atoms with van der Waals surface area (Å²) in [5.41, 5.74) is 1.12. The fraction of sp³-hybridized carbons (Fsp3) is 0.462. The first-order valence-corrected chi connectivity index (χ1v) is 5.56. The standard InChI is InChI=1S/C13H20N2O2/c1-13(2,10-16)15(17)9-11-5-7-12(8-6-11)14(3)4/h5-9,16H,10H2,1-4H3/b15-9-. The van der Waals surface area contributed by atoms with Gasteiger partial charge in [-0.2, -0.15) is 0 Å². The third kappa shape index (κ3) is 3.46. The summed E-state index contributed by atoms with van der Waals surface area (Å²) < 4.78 is 0.789. The molecule has 1 rings (SSSR count). The maximum atomic E-state index is 11.8. The van der Waals surface area contributed by atoms with Crippen LogP contribution in [0.3, 0.4) is 0 Å². The first kappa shape index (κ1) is 13.5. The summed E-state index contributed by atoms with van der Waals surface area (Å²) in [5.74, 6) is 0. The van der Waals surface area contributed by atoms with Crippen LogP contribution < -0.4 is 4.90 Å². The van der Waals surface area contributed by atoms with Crippen molar-refractivity contribution in [2.45, 2.75) is 19.4 Å². The van der Waals surface area contributed by atoms with Gasteiger partial charge in [0.15, 0.2) is 11.8 Å². The summed E-state index contributed by atoms with van der Waals surface area (Å²) in [7, 11) is 3.93. The molecule has 0 aliphatic rings. The van der Waals surface area contributed by atoms with Gasteiger partial charge in [0.2, 0.25) is 0 Å². The number of nitrogens with zero attached hydrogens (tertiary/aromatic N) is 2. The molecule has 17 heavy (non-hydrogen) atoms. The van der Waals surface area contributed by atoms with E-state index in [-0.39, 0.29) is 6.61 Å². The van der Waals surface area contributed by atoms with Gasteiger partial charge in [0.1, 0.15) is 6.61 Å². The van der Waals surface area contributed by atoms with E-state index in [9.17, 15) is 5.21 Å². The van der Waals surface area contributed by atoms with Crippen LogP contribution in [0.4, 0.5) is 5.69 Å². The van der Waals surface area contributed by atoms with E-state index in [1.165, 1.54) is 6.21 Å². The fourth-order valence-corrected chi connectivity index (χ4v) is 1.24. The third-order valence-corrected chi connectivity index (χ3v) is 2.66. The second kappa shape index (κ2) is 5.19. The maximum absolute atomic E-state index is 11.8. The highest BCUT2D eigenvalue weighted by Crippen LogP contribution is 2.12. The van der Waals surface area contributed by atoms with Gasteiger partial charge in [0.25, 0.3) is 0 Å². The molecule has 0 unspecified atom stereocenters. The molecule has 0 fully saturated rings. The number of hydrogen-bond donors (Lipinski definition) is 1. The molecule has 94 valence electrons. The minimum atomic E-state index is -0.791. The van der Waals surface area contributed by atoms with E-state index in [1.807, 2.05) is 43.3 Å². The van der Waals surface area contributed by atoms with Crippen LogP contribution >= 0.6 is 0 Å². The lowest BCUT2D eigenvalue weighted by Crippen LogP contribution is -2.37. The number of anilines is 1. The van der Waals surface area contributed by atoms with Crippen LogP contribution in [0.5, 0.6) is 0 Å². The molecule has 0 bridgehead atoms. The van der Waals surface area contributed by atoms with Crippen molar-refractivity contribution in [3.63, 3.8) is 0 Å². The van der Waals surface area contributed by atoms with Crippen molar-refractivity contribution < 1.29 is 9.85 Å². The predicted octanol–water partition coefficient (Wildman–Crippen LogP) is 1.45. The van der Waals surface area contributed by atoms with E-state index in [0.29, 0.717) is 0 Å². The molecule has 0 spiro atoms. The zero-order valence-electron chi connectivity index (χ0n) is 10.8. The summed E-state index contributed by atoms with van der Waals surface area (Å²) in [5, 5.41) is 20.9. The number of aliphatic hydroxyl groups excluding tert-OH is 1. The molecule has 0 amide bonds. The molecule has 0 atom stereocenters. The maximum Gasteiger partial charge on any atom is 0.190 e. The molecule has 0 aliphatic heterocycles. The summed E-state index contributed by atoms with van der Waals surface area (Å²) in [6.07, 6.45) is 1.50. The van der Waals surface area contributed by atoms with Gasteiger partial charge in [0.05, 0.1) is 0 Å². The average Bonchev–Trinajstić information content (AvgIpc) is 2.29. The zero-order chi connectivity index (χ0) is 13.1. The van der Waals surface area contributed by atoms with Crippen molar-refractivity contribution in [3.05, 3.63) is 35.0 Å². The van der Waals surface area contributed by atoms with Crippen LogP contribution in [0.2, 0.25) is 0 Å². The fourth-order valence-electron chi connectivity index (χ4n) is 1.24. The molecule has 4 nitrogen and oxygen atoms in total. The Morgan fingerprint density at radius 1 is 1.29 bits per heavy atom. The summed E-state index contributed by atoms with van der Waals surface area (Å²) in [6, 6.07) is 7.67. The molecular weight excluding hydrogens is 216 g/mol. The Morgan fingerprint density at radius 3 is 2.24 bits per heavy atom. The molecule has 4 heteroatoms. The lowest BCUT2D eigenvalue weighted by atomic mass is 10.1. The smallest absolute Gasteiger partial charge is 0.190 e. The highest BCUT2D eigenvalue weighted by molar-refractivity contribution is 5.76. The molecule has 0 radical (unpaired) electrons. The second-order valence-electron chi connectivity index (χ2n) is 4.91. The van der Waals surface area contributed by atoms with Crippen molar-refractivity contribution in [2.75, 3.05) is 25.6 Å². The number of aliphatic hydroxyl groups is 1. The Morgan fingerprint density at radius 2 is 1.82 bits per heavy atom. The van der Waals surface area contributed by atoms with Gasteiger partial charge in [-0.1, -0.05) is 0 Å². The van der Waals surface area contributed by atoms with E-state index >= 15 is 0 Å². The quantitative estimate of drug-likeness (QED) is 0.372. The molecule has 1 aromatic rings. The molecule has 0 aliphatic carbocycles. The normalized spacial score (nSPS) is 12.6. The van der Waals surface area contributed by atoms with Gasteiger partial charge in [-0.3, -0.25) is 0 Å². The molecule has 0 heterocycles. The second-order valence-corrected chi connectivity index (χ2v) is 4.91. The Bertz CT molecular complexity index is 394. The molecule has 0 aromatic heterocycles. The van der Waals surface area contributed by atoms with E-state index in [0.717, 1.165) is 16.0 Å². The topological polar surface area (TPSA) is 49.5 Å². The highest BCUT2D eigenvalue weighted by atomic mass is 16.5. The lowest BCUT2D eigenvalue weighted by molar-refractivity contribution is -0.539. The van der Waals surface area contributed by atoms with Gasteiger partial charge < -0.3 is 15.2 Å². The Labute approximate surface area is 102 Å². The third-order valence-electron chi connectivity index (χ3n) is 2.66. The predicted molar refractivity (Wildman–Crippen MR) is 70.7 cm³/mol. The number of hydrogen-bond acceptors (Lipinski definition) is 3. The van der Waals surface area contributed by atoms with Gasteiger partial charge in [-0.05, 0) is 24.3 Å². The van der Waals surface area contributed by atoms with E-state index < -0.39 is 5.54 Å². The van der Waals surface area contributed by atoms with Crippen molar-refractivity contribution >= 4 is 11.9 Å². The monoisotopic (exact) mass is 236 g/mol. The molecular formula is C13H20N2O2. The summed E-state index contributed by atoms with van der Waals surface area (Å²) in [6.45, 7) is 3.22. The first-order valence-electron chi connectivity index (χ1n) is 5.56. The van der Waals surface area contributed by atoms with Crippen LogP contribution in [0.1, 0.15) is 19.4 Å². The van der Waals surface area contributed by atoms with Crippen molar-refractivity contribution in [1.29, 1.82) is 0 Å². The highest BCUT2D eigenvalue weighted by Gasteiger charge is 2.24. The van der Waals surface area contributed by atoms with Crippen LogP contribution in [0, 0.1) is 5.21 Å². The van der Waals surface area contributed by atoms with Crippen LogP contribution in [0.25, 0.3) is 0 Å². The van der Waals surface area contributed by atoms with E-state index in [2.05, 4.69) is 0 Å². The van der Waals surface area contributed by atoms with E-state index in [1.54, 1.807) is 13.8 Å². The Kier molecular flexibility index (Phi) is 4.12. The van der Waals surface area contributed by atoms with Crippen LogP contribution in [-0.4, -0.2) is 42.3 Å². The molecule has 0 saturated heterocycles. The zero-order valence-corrected chi connectivity index (χ0v) is 10.8. The van der Waals surface area contributed by atoms with Gasteiger partial charge in [0, 0.05) is 39.2 Å². The summed E-state index contributed by atoms with van der Waals surface area (Å²) in [4.78, 5) is 2.00. The van der Waals surface area contributed by atoms with Crippen LogP contribution in [0.15, 0.2) is 24.3 Å². The van der Waals surface area contributed by atoms with Crippen molar-refractivity contribution in [2.24, 2.45) is 0 Å². The van der Waals surface area contributed by atoms with Crippen molar-refractivity contribution in [1.82, 2.24) is 0 Å². The van der Waals surface area contributed by atoms with Gasteiger partial charge in [-0.25, -0.2) is 4.74 Å². The Hall–Kier alpha value is -1.55. The minimum Gasteiger partial charge on any atom is -0.623 e. The first-order chi connectivity index (χ1) is 7.86. The number of benzene rings is 1. The molecule has 1 N–H and O–H groups in total. The van der Waals surface area contributed by atoms with Gasteiger partial charge >= 0.3 is 0 Å². The van der Waals surface area contributed by atoms with Crippen molar-refractivity contribution in [3.8, 4) is 0 Å². The number of hydroxylamine groups is 1. The lowest BCUT2D eigenvalue weighted by Gasteiger charge is -2.21.